The van der Waals surface area contributed by atoms with Crippen molar-refractivity contribution in [2.45, 2.75) is 19.4 Å². The molecule has 7 heteroatoms. The number of nitrogens with one attached hydrogen (secondary N) is 2. The van der Waals surface area contributed by atoms with E-state index in [1.165, 1.54) is 6.26 Å². The van der Waals surface area contributed by atoms with Gasteiger partial charge in [0.25, 0.3) is 5.91 Å². The minimum absolute atomic E-state index is 0.0508. The number of carbonyl (C=O) groups excluding carboxylic acids is 2. The van der Waals surface area contributed by atoms with Crippen molar-refractivity contribution in [2.24, 2.45) is 5.92 Å². The Bertz CT molecular complexity index is 649. The molecule has 3 rings (SSSR count). The van der Waals surface area contributed by atoms with Gasteiger partial charge in [-0.15, -0.1) is 0 Å². The second-order valence-corrected chi connectivity index (χ2v) is 4.81. The minimum Gasteiger partial charge on any atom is -0.431 e. The quantitative estimate of drug-likeness (QED) is 0.864. The van der Waals surface area contributed by atoms with Crippen molar-refractivity contribution in [3.05, 3.63) is 42.0 Å². The van der Waals surface area contributed by atoms with Gasteiger partial charge >= 0.3 is 6.01 Å². The highest BCUT2D eigenvalue weighted by Gasteiger charge is 2.30. The van der Waals surface area contributed by atoms with Gasteiger partial charge in [-0.05, 0) is 25.0 Å². The molecule has 7 nitrogen and oxygen atoms in total. The molecular weight excluding hydrogens is 272 g/mol. The van der Waals surface area contributed by atoms with Crippen LogP contribution in [0.1, 0.15) is 29.0 Å². The Kier molecular flexibility index (Phi) is 3.63. The third-order valence-electron chi connectivity index (χ3n) is 3.07. The highest BCUT2D eigenvalue weighted by atomic mass is 16.4. The van der Waals surface area contributed by atoms with Crippen molar-refractivity contribution in [1.82, 2.24) is 15.3 Å². The minimum atomic E-state index is -0.378. The van der Waals surface area contributed by atoms with Gasteiger partial charge in [0.15, 0.2) is 5.69 Å². The summed E-state index contributed by atoms with van der Waals surface area (Å²) in [6.45, 7) is 0.302. The summed E-state index contributed by atoms with van der Waals surface area (Å²) in [6, 6.07) is 5.51. The van der Waals surface area contributed by atoms with E-state index in [1.807, 2.05) is 12.1 Å². The van der Waals surface area contributed by atoms with Crippen LogP contribution in [0.15, 0.2) is 35.1 Å². The normalized spacial score (nSPS) is 13.7. The van der Waals surface area contributed by atoms with Gasteiger partial charge in [-0.2, -0.15) is 4.98 Å². The molecule has 0 spiro atoms. The van der Waals surface area contributed by atoms with Gasteiger partial charge in [0.1, 0.15) is 6.26 Å². The predicted molar refractivity (Wildman–Crippen MR) is 73.3 cm³/mol. The fourth-order valence-corrected chi connectivity index (χ4v) is 1.75. The maximum absolute atomic E-state index is 11.9. The largest absolute Gasteiger partial charge is 0.431 e. The van der Waals surface area contributed by atoms with Gasteiger partial charge < -0.3 is 9.73 Å². The maximum Gasteiger partial charge on any atom is 0.302 e. The Labute approximate surface area is 120 Å². The Balaban J connectivity index is 1.55. The van der Waals surface area contributed by atoms with E-state index in [2.05, 4.69) is 20.6 Å². The molecule has 1 aliphatic rings. The van der Waals surface area contributed by atoms with Crippen LogP contribution in [-0.4, -0.2) is 21.8 Å². The summed E-state index contributed by atoms with van der Waals surface area (Å²) < 4.78 is 5.07. The van der Waals surface area contributed by atoms with E-state index in [1.54, 1.807) is 12.3 Å². The molecule has 2 amide bonds. The molecule has 21 heavy (non-hydrogen) atoms. The zero-order chi connectivity index (χ0) is 14.7. The molecule has 0 aromatic carbocycles. The van der Waals surface area contributed by atoms with Crippen LogP contribution in [0.4, 0.5) is 6.01 Å². The first-order valence-corrected chi connectivity index (χ1v) is 6.67. The molecule has 2 aromatic rings. The molecule has 2 heterocycles. The molecule has 0 bridgehead atoms. The van der Waals surface area contributed by atoms with Gasteiger partial charge in [0.2, 0.25) is 5.91 Å². The topological polar surface area (TPSA) is 97.1 Å². The third kappa shape index (κ3) is 3.44. The molecule has 0 radical (unpaired) electrons. The number of anilines is 1. The Morgan fingerprint density at radius 3 is 2.90 bits per heavy atom. The lowest BCUT2D eigenvalue weighted by Gasteiger charge is -2.01. The van der Waals surface area contributed by atoms with E-state index in [-0.39, 0.29) is 29.4 Å². The SMILES string of the molecule is O=C(NCc1ccccn1)c1coc(NC(=O)C2CC2)n1. The van der Waals surface area contributed by atoms with Crippen molar-refractivity contribution in [1.29, 1.82) is 0 Å². The summed E-state index contributed by atoms with van der Waals surface area (Å²) in [6.07, 6.45) is 4.66. The van der Waals surface area contributed by atoms with Gasteiger partial charge in [0, 0.05) is 12.1 Å². The number of oxazole rings is 1. The summed E-state index contributed by atoms with van der Waals surface area (Å²) in [5, 5.41) is 5.22. The van der Waals surface area contributed by atoms with E-state index >= 15 is 0 Å². The molecule has 2 N–H and O–H groups in total. The molecule has 108 valence electrons. The first-order valence-electron chi connectivity index (χ1n) is 6.67. The van der Waals surface area contributed by atoms with Crippen LogP contribution < -0.4 is 10.6 Å². The van der Waals surface area contributed by atoms with Crippen LogP contribution in [0.25, 0.3) is 0 Å². The van der Waals surface area contributed by atoms with Gasteiger partial charge in [-0.25, -0.2) is 0 Å². The maximum atomic E-state index is 11.9. The molecule has 0 atom stereocenters. The lowest BCUT2D eigenvalue weighted by Crippen LogP contribution is -2.23. The molecule has 0 saturated heterocycles. The van der Waals surface area contributed by atoms with Crippen molar-refractivity contribution < 1.29 is 14.0 Å². The van der Waals surface area contributed by atoms with E-state index in [4.69, 9.17) is 4.42 Å². The fourth-order valence-electron chi connectivity index (χ4n) is 1.75. The number of rotatable bonds is 5. The number of nitrogens with zero attached hydrogens (tertiary/aromatic N) is 2. The second kappa shape index (κ2) is 5.74. The monoisotopic (exact) mass is 286 g/mol. The zero-order valence-corrected chi connectivity index (χ0v) is 11.2. The van der Waals surface area contributed by atoms with Crippen LogP contribution in [0.3, 0.4) is 0 Å². The molecular formula is C14H14N4O3. The summed E-state index contributed by atoms with van der Waals surface area (Å²) >= 11 is 0. The van der Waals surface area contributed by atoms with Crippen molar-refractivity contribution in [3.63, 3.8) is 0 Å². The molecule has 0 aliphatic heterocycles. The number of amides is 2. The lowest BCUT2D eigenvalue weighted by molar-refractivity contribution is -0.117. The van der Waals surface area contributed by atoms with Gasteiger partial charge in [0.05, 0.1) is 12.2 Å². The van der Waals surface area contributed by atoms with Crippen LogP contribution in [0.2, 0.25) is 0 Å². The number of aromatic nitrogens is 2. The molecule has 0 unspecified atom stereocenters. The highest BCUT2D eigenvalue weighted by molar-refractivity contribution is 5.94. The van der Waals surface area contributed by atoms with Gasteiger partial charge in [-0.1, -0.05) is 6.07 Å². The van der Waals surface area contributed by atoms with Crippen LogP contribution in [-0.2, 0) is 11.3 Å². The molecule has 1 saturated carbocycles. The molecule has 1 aliphatic carbocycles. The number of carbonyl (C=O) groups is 2. The lowest BCUT2D eigenvalue weighted by atomic mass is 10.3. The van der Waals surface area contributed by atoms with Crippen LogP contribution >= 0.6 is 0 Å². The number of hydrogen-bond acceptors (Lipinski definition) is 5. The standard InChI is InChI=1S/C14H14N4O3/c19-12(9-4-5-9)18-14-17-11(8-21-14)13(20)16-7-10-3-1-2-6-15-10/h1-3,6,8-9H,4-5,7H2,(H,16,20)(H,17,18,19). The summed E-state index contributed by atoms with van der Waals surface area (Å²) in [5.41, 5.74) is 0.869. The third-order valence-corrected chi connectivity index (χ3v) is 3.07. The average Bonchev–Trinajstić information content (AvgIpc) is 3.26. The van der Waals surface area contributed by atoms with E-state index in [0.717, 1.165) is 18.5 Å². The van der Waals surface area contributed by atoms with E-state index in [0.29, 0.717) is 6.54 Å². The fraction of sp³-hybridized carbons (Fsp3) is 0.286. The second-order valence-electron chi connectivity index (χ2n) is 4.81. The zero-order valence-electron chi connectivity index (χ0n) is 11.2. The highest BCUT2D eigenvalue weighted by Crippen LogP contribution is 2.30. The van der Waals surface area contributed by atoms with Crippen LogP contribution in [0, 0.1) is 5.92 Å². The first kappa shape index (κ1) is 13.3. The molecule has 1 fully saturated rings. The summed E-state index contributed by atoms with van der Waals surface area (Å²) in [5.74, 6) is -0.438. The number of hydrogen-bond donors (Lipinski definition) is 2. The molecule has 2 aromatic heterocycles. The Morgan fingerprint density at radius 2 is 2.19 bits per heavy atom. The number of pyridine rings is 1. The van der Waals surface area contributed by atoms with Gasteiger partial charge in [-0.3, -0.25) is 19.9 Å². The first-order chi connectivity index (χ1) is 10.2. The summed E-state index contributed by atoms with van der Waals surface area (Å²) in [7, 11) is 0. The average molecular weight is 286 g/mol. The van der Waals surface area contributed by atoms with Crippen molar-refractivity contribution in [3.8, 4) is 0 Å². The van der Waals surface area contributed by atoms with Crippen molar-refractivity contribution >= 4 is 17.8 Å². The smallest absolute Gasteiger partial charge is 0.302 e. The van der Waals surface area contributed by atoms with Crippen molar-refractivity contribution in [2.75, 3.05) is 5.32 Å². The Hall–Kier alpha value is -2.70. The van der Waals surface area contributed by atoms with E-state index in [9.17, 15) is 9.59 Å². The van der Waals surface area contributed by atoms with Crippen LogP contribution in [0.5, 0.6) is 0 Å². The predicted octanol–water partition coefficient (Wildman–Crippen LogP) is 1.35. The Morgan fingerprint density at radius 1 is 1.33 bits per heavy atom. The summed E-state index contributed by atoms with van der Waals surface area (Å²) in [4.78, 5) is 31.5. The van der Waals surface area contributed by atoms with E-state index < -0.39 is 0 Å².